The molecule has 1 aliphatic heterocycles. The van der Waals surface area contributed by atoms with E-state index in [0.717, 1.165) is 54.3 Å². The quantitative estimate of drug-likeness (QED) is 0.344. The van der Waals surface area contributed by atoms with Crippen molar-refractivity contribution in [2.24, 2.45) is 0 Å². The summed E-state index contributed by atoms with van der Waals surface area (Å²) in [6.45, 7) is 8.55. The fraction of sp³-hybridized carbons (Fsp3) is 0.500. The summed E-state index contributed by atoms with van der Waals surface area (Å²) in [6, 6.07) is 5.75. The molecule has 9 heteroatoms. The van der Waals surface area contributed by atoms with Crippen LogP contribution in [0.1, 0.15) is 65.9 Å². The molecule has 1 saturated heterocycles. The molecule has 4 heterocycles. The maximum Gasteiger partial charge on any atom is 0.222 e. The first-order chi connectivity index (χ1) is 16.0. The van der Waals surface area contributed by atoms with Gasteiger partial charge in [-0.1, -0.05) is 18.2 Å². The van der Waals surface area contributed by atoms with Crippen LogP contribution in [0.25, 0.3) is 0 Å². The maximum absolute atomic E-state index is 13.0. The van der Waals surface area contributed by atoms with Crippen molar-refractivity contribution in [1.82, 2.24) is 24.2 Å². The van der Waals surface area contributed by atoms with Gasteiger partial charge in [-0.2, -0.15) is 0 Å². The molecule has 0 atom stereocenters. The van der Waals surface area contributed by atoms with E-state index in [1.165, 1.54) is 11.8 Å². The molecule has 3 aromatic rings. The van der Waals surface area contributed by atoms with Gasteiger partial charge < -0.3 is 18.5 Å². The monoisotopic (exact) mass is 469 g/mol. The second-order valence-electron chi connectivity index (χ2n) is 8.43. The van der Waals surface area contributed by atoms with Crippen molar-refractivity contribution in [3.05, 3.63) is 53.0 Å². The van der Waals surface area contributed by atoms with Crippen molar-refractivity contribution in [3.63, 3.8) is 0 Å². The van der Waals surface area contributed by atoms with Crippen LogP contribution in [-0.2, 0) is 24.4 Å². The fourth-order valence-electron chi connectivity index (χ4n) is 4.33. The normalized spacial score (nSPS) is 14.6. The molecule has 3 aromatic heterocycles. The third-order valence-corrected chi connectivity index (χ3v) is 7.18. The summed E-state index contributed by atoms with van der Waals surface area (Å²) >= 11 is 1.40. The van der Waals surface area contributed by atoms with Crippen LogP contribution in [0.2, 0.25) is 0 Å². The zero-order chi connectivity index (χ0) is 23.4. The Morgan fingerprint density at radius 2 is 2.00 bits per heavy atom. The number of likely N-dealkylation sites (tertiary alicyclic amines) is 1. The lowest BCUT2D eigenvalue weighted by molar-refractivity contribution is -0.131. The van der Waals surface area contributed by atoms with E-state index in [1.54, 1.807) is 6.26 Å². The Morgan fingerprint density at radius 1 is 1.15 bits per heavy atom. The van der Waals surface area contributed by atoms with E-state index in [-0.39, 0.29) is 17.4 Å². The van der Waals surface area contributed by atoms with Crippen LogP contribution in [0.5, 0.6) is 0 Å². The number of aryl methyl sites for hydroxylation is 1. The molecule has 0 spiro atoms. The van der Waals surface area contributed by atoms with E-state index in [0.29, 0.717) is 31.2 Å². The van der Waals surface area contributed by atoms with Crippen molar-refractivity contribution in [2.45, 2.75) is 71.2 Å². The minimum atomic E-state index is 0.0636. The Labute approximate surface area is 198 Å². The molecule has 0 aromatic carbocycles. The van der Waals surface area contributed by atoms with Crippen molar-refractivity contribution < 1.29 is 14.0 Å². The number of furan rings is 1. The van der Waals surface area contributed by atoms with Gasteiger partial charge in [-0.3, -0.25) is 9.59 Å². The minimum Gasteiger partial charge on any atom is -0.467 e. The second kappa shape index (κ2) is 10.4. The summed E-state index contributed by atoms with van der Waals surface area (Å²) in [4.78, 5) is 27.3. The highest BCUT2D eigenvalue weighted by atomic mass is 32.2. The van der Waals surface area contributed by atoms with E-state index in [2.05, 4.69) is 14.8 Å². The van der Waals surface area contributed by atoms with Crippen LogP contribution >= 0.6 is 11.8 Å². The summed E-state index contributed by atoms with van der Waals surface area (Å²) in [7, 11) is 0. The lowest BCUT2D eigenvalue weighted by Crippen LogP contribution is -2.31. The molecule has 33 heavy (non-hydrogen) atoms. The molecule has 1 amide bonds. The molecule has 0 saturated carbocycles. The lowest BCUT2D eigenvalue weighted by atomic mass is 10.2. The van der Waals surface area contributed by atoms with Gasteiger partial charge in [0.1, 0.15) is 5.76 Å². The molecule has 4 rings (SSSR count). The number of hydrogen-bond acceptors (Lipinski definition) is 6. The zero-order valence-corrected chi connectivity index (χ0v) is 20.4. The third kappa shape index (κ3) is 5.24. The summed E-state index contributed by atoms with van der Waals surface area (Å²) in [5.41, 5.74) is 2.69. The molecule has 176 valence electrons. The number of rotatable bonds is 9. The van der Waals surface area contributed by atoms with Gasteiger partial charge in [0, 0.05) is 36.5 Å². The highest BCUT2D eigenvalue weighted by molar-refractivity contribution is 7.99. The van der Waals surface area contributed by atoms with Crippen molar-refractivity contribution in [3.8, 4) is 0 Å². The predicted octanol–water partition coefficient (Wildman–Crippen LogP) is 4.24. The highest BCUT2D eigenvalue weighted by Crippen LogP contribution is 2.23. The average molecular weight is 470 g/mol. The predicted molar refractivity (Wildman–Crippen MR) is 126 cm³/mol. The smallest absolute Gasteiger partial charge is 0.222 e. The molecular formula is C24H31N5O3S. The van der Waals surface area contributed by atoms with E-state index in [9.17, 15) is 9.59 Å². The Kier molecular flexibility index (Phi) is 7.37. The third-order valence-electron chi connectivity index (χ3n) is 6.21. The Bertz CT molecular complexity index is 1120. The maximum atomic E-state index is 13.0. The summed E-state index contributed by atoms with van der Waals surface area (Å²) in [5, 5.41) is 9.39. The van der Waals surface area contributed by atoms with Gasteiger partial charge in [-0.05, 0) is 51.8 Å². The van der Waals surface area contributed by atoms with Crippen LogP contribution in [0.4, 0.5) is 0 Å². The first-order valence-corrected chi connectivity index (χ1v) is 12.5. The molecule has 8 nitrogen and oxygen atoms in total. The van der Waals surface area contributed by atoms with Gasteiger partial charge in [0.15, 0.2) is 16.8 Å². The molecule has 0 unspecified atom stereocenters. The fourth-order valence-corrected chi connectivity index (χ4v) is 5.23. The first kappa shape index (κ1) is 23.4. The second-order valence-corrected chi connectivity index (χ2v) is 9.37. The zero-order valence-electron chi connectivity index (χ0n) is 19.5. The van der Waals surface area contributed by atoms with Crippen LogP contribution in [0.3, 0.4) is 0 Å². The molecular weight excluding hydrogens is 438 g/mol. The average Bonchev–Trinajstić information content (AvgIpc) is 3.48. The van der Waals surface area contributed by atoms with Gasteiger partial charge in [-0.25, -0.2) is 0 Å². The van der Waals surface area contributed by atoms with Gasteiger partial charge in [-0.15, -0.1) is 10.2 Å². The summed E-state index contributed by atoms with van der Waals surface area (Å²) in [6.07, 6.45) is 5.34. The SMILES string of the molecule is CCn1c(CN2CCCCCC2=O)nnc1SCC(=O)c1cc(C)n(Cc2ccco2)c1C. The van der Waals surface area contributed by atoms with E-state index in [1.807, 2.05) is 48.4 Å². The number of hydrogen-bond donors (Lipinski definition) is 0. The van der Waals surface area contributed by atoms with Crippen LogP contribution < -0.4 is 0 Å². The molecule has 0 bridgehead atoms. The van der Waals surface area contributed by atoms with E-state index >= 15 is 0 Å². The van der Waals surface area contributed by atoms with Gasteiger partial charge in [0.05, 0.1) is 25.1 Å². The Balaban J connectivity index is 1.43. The van der Waals surface area contributed by atoms with Crippen LogP contribution in [0, 0.1) is 13.8 Å². The minimum absolute atomic E-state index is 0.0636. The number of carbonyl (C=O) groups excluding carboxylic acids is 2. The van der Waals surface area contributed by atoms with E-state index in [4.69, 9.17) is 4.42 Å². The topological polar surface area (TPSA) is 86.2 Å². The lowest BCUT2D eigenvalue weighted by Gasteiger charge is -2.20. The Morgan fingerprint density at radius 3 is 2.76 bits per heavy atom. The number of carbonyl (C=O) groups is 2. The summed E-state index contributed by atoms with van der Waals surface area (Å²) in [5.74, 6) is 2.17. The van der Waals surface area contributed by atoms with E-state index < -0.39 is 0 Å². The number of aromatic nitrogens is 4. The molecule has 1 fully saturated rings. The Hall–Kier alpha value is -2.81. The van der Waals surface area contributed by atoms with Crippen molar-refractivity contribution >= 4 is 23.5 Å². The highest BCUT2D eigenvalue weighted by Gasteiger charge is 2.22. The molecule has 0 N–H and O–H groups in total. The van der Waals surface area contributed by atoms with Crippen LogP contribution in [-0.4, -0.2) is 48.2 Å². The molecule has 1 aliphatic rings. The number of nitrogens with zero attached hydrogens (tertiary/aromatic N) is 5. The number of ketones is 1. The van der Waals surface area contributed by atoms with Gasteiger partial charge in [0.25, 0.3) is 0 Å². The van der Waals surface area contributed by atoms with Gasteiger partial charge >= 0.3 is 0 Å². The first-order valence-electron chi connectivity index (χ1n) is 11.5. The van der Waals surface area contributed by atoms with Gasteiger partial charge in [0.2, 0.25) is 5.91 Å². The number of Topliss-reactive ketones (excluding diaryl/α,β-unsaturated/α-hetero) is 1. The van der Waals surface area contributed by atoms with Crippen molar-refractivity contribution in [1.29, 1.82) is 0 Å². The van der Waals surface area contributed by atoms with Crippen LogP contribution in [0.15, 0.2) is 34.0 Å². The molecule has 0 radical (unpaired) electrons. The largest absolute Gasteiger partial charge is 0.467 e. The van der Waals surface area contributed by atoms with Crippen molar-refractivity contribution in [2.75, 3.05) is 12.3 Å². The number of amides is 1. The standard InChI is InChI=1S/C24H31N5O3S/c1-4-28-22(15-27-11-7-5-6-10-23(27)31)25-26-24(28)33-16-21(30)20-13-17(2)29(18(20)3)14-19-9-8-12-32-19/h8-9,12-13H,4-7,10-11,14-16H2,1-3H3. The number of thioether (sulfide) groups is 1. The summed E-state index contributed by atoms with van der Waals surface area (Å²) < 4.78 is 9.57. The molecule has 0 aliphatic carbocycles.